The highest BCUT2D eigenvalue weighted by atomic mass is 16.5. The third kappa shape index (κ3) is 3.07. The zero-order valence-corrected chi connectivity index (χ0v) is 18.3. The van der Waals surface area contributed by atoms with Crippen molar-refractivity contribution in [3.63, 3.8) is 0 Å². The van der Waals surface area contributed by atoms with Crippen molar-refractivity contribution in [2.45, 2.75) is 65.6 Å². The van der Waals surface area contributed by atoms with Gasteiger partial charge in [-0.1, -0.05) is 11.6 Å². The Labute approximate surface area is 174 Å². The van der Waals surface area contributed by atoms with Gasteiger partial charge in [-0.25, -0.2) is 0 Å². The number of nitrogens with zero attached hydrogens (tertiary/aromatic N) is 1. The second-order valence-electron chi connectivity index (χ2n) is 9.17. The standard InChI is InChI=1S/C26H32N2O/c1-17-9-10-23-22(13-17)21-7-5-8-24-26(21)28(23)12-6-11-27(24)16-20-14-19(3)25(29-4)15-18(20)2/h9-10,13-15,24H,5-8,11-12,16H2,1-4H3/p+1/t24-/m1/s1. The molecule has 1 N–H and O–H groups in total. The minimum atomic E-state index is 0.621. The molecule has 3 nitrogen and oxygen atoms in total. The van der Waals surface area contributed by atoms with Crippen LogP contribution in [0.25, 0.3) is 10.9 Å². The van der Waals surface area contributed by atoms with Crippen molar-refractivity contribution in [3.8, 4) is 5.75 Å². The molecule has 0 saturated heterocycles. The van der Waals surface area contributed by atoms with Crippen LogP contribution < -0.4 is 9.64 Å². The molecule has 2 atom stereocenters. The molecule has 1 unspecified atom stereocenters. The van der Waals surface area contributed by atoms with Crippen LogP contribution in [-0.2, 0) is 19.5 Å². The molecule has 1 aliphatic heterocycles. The van der Waals surface area contributed by atoms with Gasteiger partial charge in [-0.05, 0) is 74.6 Å². The number of methoxy groups -OCH3 is 1. The van der Waals surface area contributed by atoms with Crippen LogP contribution in [0.3, 0.4) is 0 Å². The summed E-state index contributed by atoms with van der Waals surface area (Å²) in [5, 5.41) is 1.52. The topological polar surface area (TPSA) is 18.6 Å². The third-order valence-corrected chi connectivity index (χ3v) is 7.26. The Bertz CT molecular complexity index is 1070. The second-order valence-corrected chi connectivity index (χ2v) is 9.17. The molecule has 29 heavy (non-hydrogen) atoms. The van der Waals surface area contributed by atoms with E-state index in [1.54, 1.807) is 23.3 Å². The molecule has 0 spiro atoms. The van der Waals surface area contributed by atoms with E-state index < -0.39 is 0 Å². The molecule has 2 aliphatic rings. The van der Waals surface area contributed by atoms with E-state index in [2.05, 4.69) is 55.7 Å². The van der Waals surface area contributed by atoms with Gasteiger partial charge in [0.25, 0.3) is 0 Å². The van der Waals surface area contributed by atoms with Gasteiger partial charge in [-0.2, -0.15) is 0 Å². The van der Waals surface area contributed by atoms with Crippen molar-refractivity contribution in [1.82, 2.24) is 4.57 Å². The summed E-state index contributed by atoms with van der Waals surface area (Å²) in [6, 6.07) is 12.3. The lowest BCUT2D eigenvalue weighted by Crippen LogP contribution is -3.11. The normalized spacial score (nSPS) is 21.1. The van der Waals surface area contributed by atoms with Crippen LogP contribution in [0.2, 0.25) is 0 Å². The number of quaternary nitrogens is 1. The largest absolute Gasteiger partial charge is 0.496 e. The summed E-state index contributed by atoms with van der Waals surface area (Å²) in [7, 11) is 1.77. The first-order chi connectivity index (χ1) is 14.1. The number of hydrogen-bond donors (Lipinski definition) is 1. The Morgan fingerprint density at radius 2 is 1.93 bits per heavy atom. The van der Waals surface area contributed by atoms with Crippen molar-refractivity contribution >= 4 is 10.9 Å². The molecule has 5 rings (SSSR count). The number of aromatic nitrogens is 1. The van der Waals surface area contributed by atoms with Crippen molar-refractivity contribution in [1.29, 1.82) is 0 Å². The number of fused-ring (bicyclic) bond motifs is 3. The molecule has 0 fully saturated rings. The molecular weight excluding hydrogens is 356 g/mol. The van der Waals surface area contributed by atoms with Crippen LogP contribution in [0.5, 0.6) is 5.75 Å². The van der Waals surface area contributed by atoms with Gasteiger partial charge >= 0.3 is 0 Å². The van der Waals surface area contributed by atoms with Crippen LogP contribution in [0.15, 0.2) is 30.3 Å². The molecule has 2 heterocycles. The summed E-state index contributed by atoms with van der Waals surface area (Å²) in [6.07, 6.45) is 5.12. The van der Waals surface area contributed by atoms with Gasteiger partial charge in [-0.3, -0.25) is 0 Å². The van der Waals surface area contributed by atoms with Crippen LogP contribution in [0.1, 0.15) is 58.8 Å². The molecule has 1 aromatic heterocycles. The van der Waals surface area contributed by atoms with Gasteiger partial charge < -0.3 is 14.2 Å². The molecule has 0 bridgehead atoms. The fourth-order valence-electron chi connectivity index (χ4n) is 5.83. The Balaban J connectivity index is 1.57. The fourth-order valence-corrected chi connectivity index (χ4v) is 5.83. The molecule has 2 aromatic carbocycles. The first kappa shape index (κ1) is 18.7. The Hall–Kier alpha value is -2.26. The number of aryl methyl sites for hydroxylation is 5. The first-order valence-corrected chi connectivity index (χ1v) is 11.2. The maximum absolute atomic E-state index is 5.54. The maximum atomic E-state index is 5.54. The minimum Gasteiger partial charge on any atom is -0.496 e. The van der Waals surface area contributed by atoms with Crippen LogP contribution >= 0.6 is 0 Å². The average Bonchev–Trinajstić information content (AvgIpc) is 2.90. The lowest BCUT2D eigenvalue weighted by molar-refractivity contribution is -0.945. The molecule has 3 heteroatoms. The van der Waals surface area contributed by atoms with Gasteiger partial charge in [0.05, 0.1) is 19.3 Å². The van der Waals surface area contributed by atoms with E-state index >= 15 is 0 Å². The number of nitrogens with one attached hydrogen (secondary N) is 1. The van der Waals surface area contributed by atoms with E-state index in [-0.39, 0.29) is 0 Å². The SMILES string of the molecule is COc1cc(C)c(C[NH+]2CCCn3c4c(c5cc(C)ccc53)CCC[C@H]42)cc1C. The maximum Gasteiger partial charge on any atom is 0.129 e. The number of benzene rings is 2. The van der Waals surface area contributed by atoms with Gasteiger partial charge in [0, 0.05) is 35.9 Å². The molecule has 152 valence electrons. The highest BCUT2D eigenvalue weighted by Gasteiger charge is 2.36. The predicted molar refractivity (Wildman–Crippen MR) is 119 cm³/mol. The zero-order chi connectivity index (χ0) is 20.1. The monoisotopic (exact) mass is 389 g/mol. The Morgan fingerprint density at radius 3 is 2.76 bits per heavy atom. The summed E-state index contributed by atoms with van der Waals surface area (Å²) in [6.45, 7) is 10.2. The lowest BCUT2D eigenvalue weighted by Gasteiger charge is -2.31. The van der Waals surface area contributed by atoms with E-state index in [1.807, 2.05) is 0 Å². The summed E-state index contributed by atoms with van der Waals surface area (Å²) in [5.74, 6) is 1.01. The Kier molecular flexibility index (Phi) is 4.66. The van der Waals surface area contributed by atoms with Crippen LogP contribution in [0, 0.1) is 20.8 Å². The molecule has 0 radical (unpaired) electrons. The van der Waals surface area contributed by atoms with Gasteiger partial charge in [0.2, 0.25) is 0 Å². The van der Waals surface area contributed by atoms with Gasteiger partial charge in [0.1, 0.15) is 18.3 Å². The molecular formula is C26H33N2O+. The Morgan fingerprint density at radius 1 is 1.07 bits per heavy atom. The van der Waals surface area contributed by atoms with E-state index in [0.717, 1.165) is 18.8 Å². The first-order valence-electron chi connectivity index (χ1n) is 11.2. The summed E-state index contributed by atoms with van der Waals surface area (Å²) < 4.78 is 8.21. The van der Waals surface area contributed by atoms with Crippen molar-refractivity contribution in [2.24, 2.45) is 0 Å². The fraction of sp³-hybridized carbons (Fsp3) is 0.462. The van der Waals surface area contributed by atoms with E-state index in [0.29, 0.717) is 6.04 Å². The number of hydrogen-bond acceptors (Lipinski definition) is 1. The number of ether oxygens (including phenoxy) is 1. The summed E-state index contributed by atoms with van der Waals surface area (Å²) in [4.78, 5) is 1.75. The van der Waals surface area contributed by atoms with Crippen LogP contribution in [-0.4, -0.2) is 18.2 Å². The quantitative estimate of drug-likeness (QED) is 0.701. The smallest absolute Gasteiger partial charge is 0.129 e. The third-order valence-electron chi connectivity index (χ3n) is 7.26. The number of rotatable bonds is 3. The lowest BCUT2D eigenvalue weighted by atomic mass is 9.90. The molecule has 0 saturated carbocycles. The second kappa shape index (κ2) is 7.21. The highest BCUT2D eigenvalue weighted by molar-refractivity contribution is 5.86. The van der Waals surface area contributed by atoms with Crippen molar-refractivity contribution in [3.05, 3.63) is 63.8 Å². The van der Waals surface area contributed by atoms with Crippen LogP contribution in [0.4, 0.5) is 0 Å². The van der Waals surface area contributed by atoms with Crippen molar-refractivity contribution < 1.29 is 9.64 Å². The predicted octanol–water partition coefficient (Wildman–Crippen LogP) is 4.44. The highest BCUT2D eigenvalue weighted by Crippen LogP contribution is 2.38. The summed E-state index contributed by atoms with van der Waals surface area (Å²) >= 11 is 0. The molecule has 0 amide bonds. The van der Waals surface area contributed by atoms with Gasteiger partial charge in [-0.15, -0.1) is 0 Å². The molecule has 3 aromatic rings. The summed E-state index contributed by atoms with van der Waals surface area (Å²) in [5.41, 5.74) is 10.2. The minimum absolute atomic E-state index is 0.621. The van der Waals surface area contributed by atoms with E-state index in [4.69, 9.17) is 4.74 Å². The van der Waals surface area contributed by atoms with Crippen molar-refractivity contribution in [2.75, 3.05) is 13.7 Å². The molecule has 1 aliphatic carbocycles. The van der Waals surface area contributed by atoms with E-state index in [1.165, 1.54) is 65.4 Å². The average molecular weight is 390 g/mol. The zero-order valence-electron chi connectivity index (χ0n) is 18.3. The van der Waals surface area contributed by atoms with E-state index in [9.17, 15) is 0 Å². The van der Waals surface area contributed by atoms with Gasteiger partial charge in [0.15, 0.2) is 0 Å².